The molecule has 0 aliphatic heterocycles. The first-order chi connectivity index (χ1) is 5.77. The average Bonchev–Trinajstić information content (AvgIpc) is 2.07. The van der Waals surface area contributed by atoms with Crippen molar-refractivity contribution in [3.8, 4) is 0 Å². The van der Waals surface area contributed by atoms with E-state index < -0.39 is 0 Å². The highest BCUT2D eigenvalue weighted by Crippen LogP contribution is 2.09. The van der Waals surface area contributed by atoms with Gasteiger partial charge in [0.15, 0.2) is 0 Å². The molecule has 12 heavy (non-hydrogen) atoms. The summed E-state index contributed by atoms with van der Waals surface area (Å²) in [4.78, 5) is 11.0. The molecule has 0 N–H and O–H groups in total. The second-order valence-electron chi connectivity index (χ2n) is 2.53. The van der Waals surface area contributed by atoms with Crippen LogP contribution in [0.5, 0.6) is 0 Å². The fourth-order valence-corrected chi connectivity index (χ4v) is 1.32. The molecule has 0 amide bonds. The van der Waals surface area contributed by atoms with Crippen molar-refractivity contribution in [2.45, 2.75) is 0 Å². The zero-order valence-electron chi connectivity index (χ0n) is 6.28. The van der Waals surface area contributed by atoms with Gasteiger partial charge in [-0.25, -0.2) is 4.79 Å². The van der Waals surface area contributed by atoms with Gasteiger partial charge < -0.3 is 4.42 Å². The fraction of sp³-hybridized carbons (Fsp3) is 0. The van der Waals surface area contributed by atoms with E-state index in [1.807, 2.05) is 18.2 Å². The summed E-state index contributed by atoms with van der Waals surface area (Å²) < 4.78 is 5.02. The highest BCUT2D eigenvalue weighted by atomic mass is 31.0. The smallest absolute Gasteiger partial charge is 0.343 e. The van der Waals surface area contributed by atoms with E-state index in [0.717, 1.165) is 5.39 Å². The maximum Gasteiger partial charge on any atom is 0.343 e. The van der Waals surface area contributed by atoms with Gasteiger partial charge in [0.25, 0.3) is 0 Å². The van der Waals surface area contributed by atoms with Crippen molar-refractivity contribution in [2.75, 3.05) is 0 Å². The molecule has 1 aromatic carbocycles. The van der Waals surface area contributed by atoms with Gasteiger partial charge in [-0.05, 0) is 12.1 Å². The highest BCUT2D eigenvalue weighted by molar-refractivity contribution is 7.27. The van der Waals surface area contributed by atoms with Crippen LogP contribution in [0, 0.1) is 0 Å². The molecule has 0 bridgehead atoms. The Balaban J connectivity index is 2.93. The Bertz CT molecular complexity index is 473. The molecule has 60 valence electrons. The van der Waals surface area contributed by atoms with Gasteiger partial charge in [-0.15, -0.1) is 0 Å². The average molecular weight is 178 g/mol. The van der Waals surface area contributed by atoms with Crippen LogP contribution in [0.1, 0.15) is 0 Å². The number of benzene rings is 1. The summed E-state index contributed by atoms with van der Waals surface area (Å²) in [6.45, 7) is 0. The van der Waals surface area contributed by atoms with E-state index in [-0.39, 0.29) is 5.63 Å². The summed E-state index contributed by atoms with van der Waals surface area (Å²) in [6.07, 6.45) is 0. The molecule has 2 nitrogen and oxygen atoms in total. The van der Waals surface area contributed by atoms with Gasteiger partial charge in [-0.3, -0.25) is 0 Å². The Labute approximate surface area is 71.4 Å². The number of rotatable bonds is 0. The van der Waals surface area contributed by atoms with Crippen LogP contribution >= 0.6 is 9.24 Å². The van der Waals surface area contributed by atoms with Crippen LogP contribution in [0.3, 0.4) is 0 Å². The largest absolute Gasteiger partial charge is 0.422 e. The minimum Gasteiger partial charge on any atom is -0.422 e. The second kappa shape index (κ2) is 2.72. The monoisotopic (exact) mass is 178 g/mol. The Morgan fingerprint density at radius 3 is 2.83 bits per heavy atom. The van der Waals surface area contributed by atoms with Crippen molar-refractivity contribution >= 4 is 25.5 Å². The first-order valence-electron chi connectivity index (χ1n) is 3.56. The van der Waals surface area contributed by atoms with Gasteiger partial charge in [-0.1, -0.05) is 27.4 Å². The number of hydrogen-bond acceptors (Lipinski definition) is 2. The van der Waals surface area contributed by atoms with Crippen molar-refractivity contribution in [2.24, 2.45) is 0 Å². The third-order valence-corrected chi connectivity index (χ3v) is 2.07. The van der Waals surface area contributed by atoms with Gasteiger partial charge in [0.2, 0.25) is 0 Å². The maximum absolute atomic E-state index is 11.0. The molecule has 1 atom stereocenters. The van der Waals surface area contributed by atoms with Crippen molar-refractivity contribution in [3.63, 3.8) is 0 Å². The fourth-order valence-electron chi connectivity index (χ4n) is 1.08. The first-order valence-corrected chi connectivity index (χ1v) is 4.13. The quantitative estimate of drug-likeness (QED) is 0.449. The van der Waals surface area contributed by atoms with E-state index in [9.17, 15) is 4.79 Å². The minimum atomic E-state index is -0.293. The van der Waals surface area contributed by atoms with Crippen molar-refractivity contribution < 1.29 is 4.42 Å². The lowest BCUT2D eigenvalue weighted by Gasteiger charge is -1.95. The third kappa shape index (κ3) is 1.15. The van der Waals surface area contributed by atoms with Crippen LogP contribution in [-0.2, 0) is 0 Å². The molecule has 2 rings (SSSR count). The lowest BCUT2D eigenvalue weighted by Crippen LogP contribution is -2.15. The van der Waals surface area contributed by atoms with Crippen molar-refractivity contribution in [3.05, 3.63) is 40.8 Å². The molecule has 0 saturated heterocycles. The summed E-state index contributed by atoms with van der Waals surface area (Å²) >= 11 is 0. The zero-order valence-corrected chi connectivity index (χ0v) is 7.44. The van der Waals surface area contributed by atoms with E-state index in [4.69, 9.17) is 4.42 Å². The molecule has 0 radical (unpaired) electrons. The third-order valence-electron chi connectivity index (χ3n) is 1.67. The summed E-state index contributed by atoms with van der Waals surface area (Å²) in [5.41, 5.74) is 0.340. The molecule has 3 heteroatoms. The van der Waals surface area contributed by atoms with Crippen LogP contribution < -0.4 is 10.9 Å². The molecule has 1 unspecified atom stereocenters. The summed E-state index contributed by atoms with van der Waals surface area (Å²) in [5, 5.41) is 1.51. The zero-order chi connectivity index (χ0) is 8.55. The molecule has 1 heterocycles. The van der Waals surface area contributed by atoms with Crippen molar-refractivity contribution in [1.82, 2.24) is 0 Å². The molecule has 2 aromatic rings. The van der Waals surface area contributed by atoms with Gasteiger partial charge in [0.05, 0.1) is 5.30 Å². The number of para-hydroxylation sites is 1. The van der Waals surface area contributed by atoms with E-state index in [0.29, 0.717) is 10.9 Å². The van der Waals surface area contributed by atoms with Crippen LogP contribution in [-0.4, -0.2) is 0 Å². The first kappa shape index (κ1) is 7.51. The molecule has 0 fully saturated rings. The molecule has 1 aromatic heterocycles. The Morgan fingerprint density at radius 2 is 2.00 bits per heavy atom. The highest BCUT2D eigenvalue weighted by Gasteiger charge is 1.98. The van der Waals surface area contributed by atoms with Crippen LogP contribution in [0.4, 0.5) is 0 Å². The van der Waals surface area contributed by atoms with E-state index in [1.165, 1.54) is 0 Å². The molecular weight excluding hydrogens is 171 g/mol. The van der Waals surface area contributed by atoms with Gasteiger partial charge in [0.1, 0.15) is 5.58 Å². The minimum absolute atomic E-state index is 0.293. The Hall–Kier alpha value is -1.14. The predicted octanol–water partition coefficient (Wildman–Crippen LogP) is 1.29. The summed E-state index contributed by atoms with van der Waals surface area (Å²) in [7, 11) is 2.35. The molecule has 0 saturated carbocycles. The van der Waals surface area contributed by atoms with E-state index in [2.05, 4.69) is 9.24 Å². The van der Waals surface area contributed by atoms with Crippen molar-refractivity contribution in [1.29, 1.82) is 0 Å². The van der Waals surface area contributed by atoms with E-state index >= 15 is 0 Å². The van der Waals surface area contributed by atoms with Gasteiger partial charge >= 0.3 is 5.63 Å². The van der Waals surface area contributed by atoms with Crippen LogP contribution in [0.25, 0.3) is 11.0 Å². The summed E-state index contributed by atoms with van der Waals surface area (Å²) in [5.74, 6) is 0. The predicted molar refractivity (Wildman–Crippen MR) is 51.8 cm³/mol. The normalized spacial score (nSPS) is 10.4. The molecule has 0 aliphatic carbocycles. The molecule has 0 spiro atoms. The maximum atomic E-state index is 11.0. The van der Waals surface area contributed by atoms with E-state index in [1.54, 1.807) is 12.1 Å². The standard InChI is InChI=1S/C9H7O2P/c10-9-8(12)5-6-3-1-2-4-7(6)11-9/h1-5H,12H2. The lowest BCUT2D eigenvalue weighted by molar-refractivity contribution is 0.567. The van der Waals surface area contributed by atoms with Gasteiger partial charge in [-0.2, -0.15) is 0 Å². The summed E-state index contributed by atoms with van der Waals surface area (Å²) in [6, 6.07) is 9.23. The topological polar surface area (TPSA) is 30.2 Å². The Kier molecular flexibility index (Phi) is 1.70. The Morgan fingerprint density at radius 1 is 1.25 bits per heavy atom. The number of hydrogen-bond donors (Lipinski definition) is 0. The number of fused-ring (bicyclic) bond motifs is 1. The molecule has 0 aliphatic rings. The molecular formula is C9H7O2P. The SMILES string of the molecule is O=c1oc2ccccc2cc1P. The second-order valence-corrected chi connectivity index (χ2v) is 3.15. The van der Waals surface area contributed by atoms with Crippen LogP contribution in [0.15, 0.2) is 39.5 Å². The van der Waals surface area contributed by atoms with Crippen LogP contribution in [0.2, 0.25) is 0 Å². The lowest BCUT2D eigenvalue weighted by atomic mass is 10.2. The van der Waals surface area contributed by atoms with Gasteiger partial charge in [0, 0.05) is 5.39 Å².